The van der Waals surface area contributed by atoms with Gasteiger partial charge in [-0.05, 0) is 0 Å². The van der Waals surface area contributed by atoms with Crippen molar-refractivity contribution < 1.29 is 125 Å². The van der Waals surface area contributed by atoms with Crippen molar-refractivity contribution in [2.75, 3.05) is 0 Å². The Kier molecular flexibility index (Phi) is 283. The largest absolute Gasteiger partial charge is 0 e. The second-order valence-electron chi connectivity index (χ2n) is 0. The first kappa shape index (κ1) is 42.1. The summed E-state index contributed by atoms with van der Waals surface area (Å²) in [7, 11) is 0. The van der Waals surface area contributed by atoms with Crippen LogP contribution in [-0.2, 0) is 89.7 Å². The Hall–Kier alpha value is 4.46. The van der Waals surface area contributed by atoms with Crippen molar-refractivity contribution in [1.82, 2.24) is 0 Å². The maximum absolute atomic E-state index is 8.30. The first-order chi connectivity index (χ1) is 1.00. The Balaban J connectivity index is -0.000000000500. The molecule has 0 aromatic heterocycles. The van der Waals surface area contributed by atoms with Gasteiger partial charge in [0.2, 0.25) is 0 Å². The maximum atomic E-state index is 8.30. The van der Waals surface area contributed by atoms with Gasteiger partial charge in [-0.2, -0.15) is 0 Å². The summed E-state index contributed by atoms with van der Waals surface area (Å²) < 4.78 is 8.30. The van der Waals surface area contributed by atoms with Gasteiger partial charge in [0.15, 0.2) is 0 Å². The summed E-state index contributed by atoms with van der Waals surface area (Å²) in [6.45, 7) is 0. The average molecular weight is 587 g/mol. The third-order valence-corrected chi connectivity index (χ3v) is 0. The van der Waals surface area contributed by atoms with E-state index >= 15 is 0 Å². The molecule has 34 valence electrons. The zero-order valence-corrected chi connectivity index (χ0v) is 15.3. The van der Waals surface area contributed by atoms with Crippen LogP contribution in [0.3, 0.4) is 0 Å². The van der Waals surface area contributed by atoms with E-state index < -0.39 is 0 Å². The monoisotopic (exact) mass is 586 g/mol. The van der Waals surface area contributed by atoms with Crippen molar-refractivity contribution in [3.05, 3.63) is 0 Å². The summed E-state index contributed by atoms with van der Waals surface area (Å²) in [5.41, 5.74) is 0. The average Bonchev–Trinajstić information content (AvgIpc) is 1.00. The molecular weight excluding hydrogens is 586 g/mol. The molecule has 0 aliphatic heterocycles. The van der Waals surface area contributed by atoms with Gasteiger partial charge in [0.25, 0.3) is 0 Å². The SMILES string of the molecule is [Co].[La].[LiH].[O]=[Nb].[Ta].[Zr]. The minimum absolute atomic E-state index is 0. The second kappa shape index (κ2) is 47.0. The van der Waals surface area contributed by atoms with E-state index in [0.29, 0.717) is 21.0 Å². The summed E-state index contributed by atoms with van der Waals surface area (Å²) >= 11 is 0.500. The van der Waals surface area contributed by atoms with E-state index in [1.807, 2.05) is 0 Å². The number of rotatable bonds is 0. The van der Waals surface area contributed by atoms with Gasteiger partial charge in [-0.25, -0.2) is 0 Å². The molecule has 0 saturated carbocycles. The smallest absolute Gasteiger partial charge is 0 e. The zero-order valence-electron chi connectivity index (χ0n) is 2.71. The standard InChI is InChI=1S/Co.La.Li.Nb.O.Ta.Zr.H. The van der Waals surface area contributed by atoms with E-state index in [-0.39, 0.29) is 120 Å². The molecule has 0 N–H and O–H groups in total. The molecule has 0 bridgehead atoms. The first-order valence-electron chi connectivity index (χ1n) is 0.183. The van der Waals surface area contributed by atoms with Crippen LogP contribution in [0.15, 0.2) is 0 Å². The Morgan fingerprint density at radius 1 is 1.14 bits per heavy atom. The zero-order chi connectivity index (χ0) is 2.00. The van der Waals surface area contributed by atoms with Gasteiger partial charge in [-0.15, -0.1) is 0 Å². The summed E-state index contributed by atoms with van der Waals surface area (Å²) in [5, 5.41) is 0. The summed E-state index contributed by atoms with van der Waals surface area (Å²) in [5.74, 6) is 0. The Morgan fingerprint density at radius 2 is 1.14 bits per heavy atom. The van der Waals surface area contributed by atoms with E-state index in [2.05, 4.69) is 0 Å². The number of hydrogen-bond donors (Lipinski definition) is 0. The predicted molar refractivity (Wildman–Crippen MR) is 7.84 cm³/mol. The summed E-state index contributed by atoms with van der Waals surface area (Å²) in [6.07, 6.45) is 0. The minimum atomic E-state index is 0. The Bertz CT molecular complexity index is 19.7. The van der Waals surface area contributed by atoms with Crippen LogP contribution in [0, 0.1) is 35.6 Å². The fraction of sp³-hybridized carbons (Fsp3) is 0. The molecule has 0 aromatic rings. The van der Waals surface area contributed by atoms with Gasteiger partial charge in [0.05, 0.1) is 0 Å². The van der Waals surface area contributed by atoms with E-state index in [0.717, 1.165) is 0 Å². The van der Waals surface area contributed by atoms with Gasteiger partial charge in [-0.3, -0.25) is 0 Å². The van der Waals surface area contributed by atoms with Crippen molar-refractivity contribution in [3.63, 3.8) is 0 Å². The van der Waals surface area contributed by atoms with E-state index in [9.17, 15) is 0 Å². The van der Waals surface area contributed by atoms with Crippen LogP contribution in [-0.4, -0.2) is 18.9 Å². The molecule has 0 saturated heterocycles. The van der Waals surface area contributed by atoms with Gasteiger partial charge in [0, 0.05) is 101 Å². The third kappa shape index (κ3) is 37.6. The second-order valence-corrected chi connectivity index (χ2v) is 0. The summed E-state index contributed by atoms with van der Waals surface area (Å²) in [4.78, 5) is 0. The Morgan fingerprint density at radius 3 is 1.14 bits per heavy atom. The van der Waals surface area contributed by atoms with Crippen LogP contribution in [0.25, 0.3) is 0 Å². The maximum Gasteiger partial charge on any atom is 0 e. The Labute approximate surface area is 141 Å². The molecule has 0 unspecified atom stereocenters. The van der Waals surface area contributed by atoms with Crippen LogP contribution >= 0.6 is 0 Å². The molecule has 1 nitrogen and oxygen atoms in total. The van der Waals surface area contributed by atoms with Gasteiger partial charge in [-0.1, -0.05) is 0 Å². The van der Waals surface area contributed by atoms with Crippen molar-refractivity contribution >= 4 is 18.9 Å². The van der Waals surface area contributed by atoms with Crippen LogP contribution in [0.2, 0.25) is 0 Å². The topological polar surface area (TPSA) is 17.1 Å². The van der Waals surface area contributed by atoms with Crippen molar-refractivity contribution in [3.8, 4) is 0 Å². The fourth-order valence-electron chi connectivity index (χ4n) is 0. The van der Waals surface area contributed by atoms with E-state index in [1.165, 1.54) is 0 Å². The molecule has 0 spiro atoms. The minimum Gasteiger partial charge on any atom is 0 e. The van der Waals surface area contributed by atoms with Crippen LogP contribution < -0.4 is 0 Å². The van der Waals surface area contributed by atoms with Crippen molar-refractivity contribution in [1.29, 1.82) is 0 Å². The van der Waals surface area contributed by atoms with Crippen molar-refractivity contribution in [2.45, 2.75) is 0 Å². The van der Waals surface area contributed by atoms with Crippen molar-refractivity contribution in [2.24, 2.45) is 0 Å². The molecule has 7 heteroatoms. The fourth-order valence-corrected chi connectivity index (χ4v) is 0. The molecule has 0 aliphatic rings. The molecule has 0 aromatic carbocycles. The molecule has 0 heterocycles. The summed E-state index contributed by atoms with van der Waals surface area (Å²) in [6, 6.07) is 0. The molecule has 7 heavy (non-hydrogen) atoms. The van der Waals surface area contributed by atoms with E-state index in [1.54, 1.807) is 0 Å². The van der Waals surface area contributed by atoms with Crippen LogP contribution in [0.5, 0.6) is 0 Å². The molecule has 0 atom stereocenters. The number of hydrogen-bond acceptors (Lipinski definition) is 1. The normalized spacial score (nSPS) is 0.429. The molecule has 3 radical (unpaired) electrons. The molecule has 0 fully saturated rings. The van der Waals surface area contributed by atoms with Gasteiger partial charge in [0.1, 0.15) is 0 Å². The first-order valence-corrected chi connectivity index (χ1v) is 1.08. The van der Waals surface area contributed by atoms with Crippen LogP contribution in [0.4, 0.5) is 0 Å². The van der Waals surface area contributed by atoms with E-state index in [4.69, 9.17) is 3.25 Å². The molecule has 0 rings (SSSR count). The third-order valence-electron chi connectivity index (χ3n) is 0. The van der Waals surface area contributed by atoms with Gasteiger partial charge >= 0.3 is 43.2 Å². The molecular formula is HCoLaLiNbOTaZr. The van der Waals surface area contributed by atoms with Gasteiger partial charge < -0.3 is 0 Å². The quantitative estimate of drug-likeness (QED) is 0.341. The van der Waals surface area contributed by atoms with Crippen LogP contribution in [0.1, 0.15) is 0 Å². The molecule has 0 aliphatic carbocycles. The molecule has 0 amide bonds. The predicted octanol–water partition coefficient (Wildman–Crippen LogP) is -0.777.